The van der Waals surface area contributed by atoms with E-state index in [1.165, 1.54) is 18.5 Å². The molecule has 156 valence electrons. The van der Waals surface area contributed by atoms with Crippen molar-refractivity contribution in [2.75, 3.05) is 19.0 Å². The number of fused-ring (bicyclic) bond motifs is 1. The Morgan fingerprint density at radius 1 is 1.33 bits per heavy atom. The summed E-state index contributed by atoms with van der Waals surface area (Å²) in [6.45, 7) is 0.881. The highest BCUT2D eigenvalue weighted by molar-refractivity contribution is 6.31. The topological polar surface area (TPSA) is 85.4 Å². The molecule has 0 bridgehead atoms. The van der Waals surface area contributed by atoms with Crippen LogP contribution in [0.4, 0.5) is 15.9 Å². The number of hydrogen-bond acceptors (Lipinski definition) is 7. The normalized spacial score (nSPS) is 15.9. The summed E-state index contributed by atoms with van der Waals surface area (Å²) in [5.41, 5.74) is 1.91. The fourth-order valence-electron chi connectivity index (χ4n) is 3.38. The molecule has 0 amide bonds. The summed E-state index contributed by atoms with van der Waals surface area (Å²) in [6, 6.07) is 7.63. The number of aromatic nitrogens is 2. The molecule has 7 nitrogen and oxygen atoms in total. The van der Waals surface area contributed by atoms with Crippen LogP contribution < -0.4 is 15.4 Å². The number of anilines is 2. The van der Waals surface area contributed by atoms with E-state index >= 15 is 0 Å². The Morgan fingerprint density at radius 3 is 2.93 bits per heavy atom. The van der Waals surface area contributed by atoms with Crippen LogP contribution in [0, 0.1) is 5.82 Å². The van der Waals surface area contributed by atoms with Gasteiger partial charge in [-0.3, -0.25) is 4.79 Å². The first kappa shape index (κ1) is 20.3. The summed E-state index contributed by atoms with van der Waals surface area (Å²) in [5, 5.41) is 6.96. The van der Waals surface area contributed by atoms with E-state index in [1.807, 2.05) is 6.07 Å². The molecule has 0 spiro atoms. The second-order valence-corrected chi connectivity index (χ2v) is 7.32. The van der Waals surface area contributed by atoms with Crippen LogP contribution in [0.3, 0.4) is 0 Å². The molecule has 0 saturated carbocycles. The SMILES string of the molecule is COc1cc2ncnc(Nc3ccc(F)c(Cl)c3)c2cc1COC(=O)[C@H]1CCCN1. The molecule has 2 N–H and O–H groups in total. The Labute approximate surface area is 177 Å². The van der Waals surface area contributed by atoms with Crippen LogP contribution >= 0.6 is 11.6 Å². The highest BCUT2D eigenvalue weighted by Gasteiger charge is 2.24. The van der Waals surface area contributed by atoms with Crippen molar-refractivity contribution >= 4 is 40.0 Å². The largest absolute Gasteiger partial charge is 0.496 e. The van der Waals surface area contributed by atoms with E-state index in [2.05, 4.69) is 20.6 Å². The van der Waals surface area contributed by atoms with Gasteiger partial charge in [-0.1, -0.05) is 11.6 Å². The number of nitrogens with one attached hydrogen (secondary N) is 2. The van der Waals surface area contributed by atoms with Gasteiger partial charge in [-0.05, 0) is 43.7 Å². The number of esters is 1. The molecule has 0 unspecified atom stereocenters. The maximum atomic E-state index is 13.4. The molecule has 1 aliphatic heterocycles. The molecule has 0 aliphatic carbocycles. The lowest BCUT2D eigenvalue weighted by atomic mass is 10.1. The van der Waals surface area contributed by atoms with E-state index in [0.717, 1.165) is 19.4 Å². The number of ether oxygens (including phenoxy) is 2. The van der Waals surface area contributed by atoms with Gasteiger partial charge in [0.05, 0.1) is 17.6 Å². The van der Waals surface area contributed by atoms with Gasteiger partial charge < -0.3 is 20.1 Å². The number of rotatable bonds is 6. The number of nitrogens with zero attached hydrogens (tertiary/aromatic N) is 2. The van der Waals surface area contributed by atoms with Crippen molar-refractivity contribution < 1.29 is 18.7 Å². The molecule has 1 aliphatic rings. The molecule has 30 heavy (non-hydrogen) atoms. The lowest BCUT2D eigenvalue weighted by Crippen LogP contribution is -2.32. The molecule has 1 aromatic heterocycles. The van der Waals surface area contributed by atoms with Gasteiger partial charge in [0, 0.05) is 22.7 Å². The van der Waals surface area contributed by atoms with Crippen molar-refractivity contribution in [3.05, 3.63) is 53.1 Å². The Kier molecular flexibility index (Phi) is 5.96. The Balaban J connectivity index is 1.62. The van der Waals surface area contributed by atoms with Crippen molar-refractivity contribution in [1.29, 1.82) is 0 Å². The highest BCUT2D eigenvalue weighted by Crippen LogP contribution is 2.31. The summed E-state index contributed by atoms with van der Waals surface area (Å²) in [4.78, 5) is 20.8. The van der Waals surface area contributed by atoms with Gasteiger partial charge in [-0.15, -0.1) is 0 Å². The van der Waals surface area contributed by atoms with Gasteiger partial charge >= 0.3 is 5.97 Å². The van der Waals surface area contributed by atoms with Gasteiger partial charge in [-0.25, -0.2) is 14.4 Å². The average molecular weight is 431 g/mol. The number of carbonyl (C=O) groups excluding carboxylic acids is 1. The molecule has 1 atom stereocenters. The number of halogens is 2. The first-order valence-corrected chi connectivity index (χ1v) is 9.86. The standard InChI is InChI=1S/C21H20ClFN4O3/c1-29-19-9-18-14(7-12(19)10-30-21(28)17-3-2-6-24-17)20(26-11-25-18)27-13-4-5-16(23)15(22)8-13/h4-5,7-9,11,17,24H,2-3,6,10H2,1H3,(H,25,26,27)/t17-/m1/s1. The first-order chi connectivity index (χ1) is 14.5. The zero-order chi connectivity index (χ0) is 21.1. The van der Waals surface area contributed by atoms with Crippen LogP contribution in [0.2, 0.25) is 5.02 Å². The molecule has 3 aromatic rings. The van der Waals surface area contributed by atoms with Gasteiger partial charge in [0.2, 0.25) is 0 Å². The van der Waals surface area contributed by atoms with Gasteiger partial charge in [0.15, 0.2) is 0 Å². The molecular weight excluding hydrogens is 411 g/mol. The molecular formula is C21H20ClFN4O3. The minimum Gasteiger partial charge on any atom is -0.496 e. The Morgan fingerprint density at radius 2 is 2.20 bits per heavy atom. The number of carbonyl (C=O) groups is 1. The Bertz CT molecular complexity index is 1090. The van der Waals surface area contributed by atoms with Crippen molar-refractivity contribution in [2.24, 2.45) is 0 Å². The predicted octanol–water partition coefficient (Wildman–Crippen LogP) is 3.97. The van der Waals surface area contributed by atoms with E-state index < -0.39 is 5.82 Å². The van der Waals surface area contributed by atoms with Crippen LogP contribution in [-0.2, 0) is 16.1 Å². The Hall–Kier alpha value is -2.97. The lowest BCUT2D eigenvalue weighted by Gasteiger charge is -2.15. The molecule has 4 rings (SSSR count). The second kappa shape index (κ2) is 8.81. The molecule has 1 saturated heterocycles. The summed E-state index contributed by atoms with van der Waals surface area (Å²) >= 11 is 5.87. The zero-order valence-electron chi connectivity index (χ0n) is 16.2. The van der Waals surface area contributed by atoms with Gasteiger partial charge in [0.25, 0.3) is 0 Å². The third-order valence-electron chi connectivity index (χ3n) is 4.93. The van der Waals surface area contributed by atoms with Gasteiger partial charge in [-0.2, -0.15) is 0 Å². The van der Waals surface area contributed by atoms with E-state index in [4.69, 9.17) is 21.1 Å². The average Bonchev–Trinajstić information content (AvgIpc) is 3.29. The minimum absolute atomic E-state index is 0.00755. The molecule has 2 aromatic carbocycles. The van der Waals surface area contributed by atoms with Crippen molar-refractivity contribution in [3.63, 3.8) is 0 Å². The second-order valence-electron chi connectivity index (χ2n) is 6.91. The zero-order valence-corrected chi connectivity index (χ0v) is 17.0. The van der Waals surface area contributed by atoms with Crippen LogP contribution in [0.15, 0.2) is 36.7 Å². The van der Waals surface area contributed by atoms with E-state index in [9.17, 15) is 9.18 Å². The number of benzene rings is 2. The quantitative estimate of drug-likeness (QED) is 0.572. The van der Waals surface area contributed by atoms with Crippen molar-refractivity contribution in [1.82, 2.24) is 15.3 Å². The molecule has 1 fully saturated rings. The third kappa shape index (κ3) is 4.29. The van der Waals surface area contributed by atoms with E-state index in [0.29, 0.717) is 33.7 Å². The summed E-state index contributed by atoms with van der Waals surface area (Å²) in [6.07, 6.45) is 3.15. The molecule has 2 heterocycles. The van der Waals surface area contributed by atoms with E-state index in [1.54, 1.807) is 19.2 Å². The van der Waals surface area contributed by atoms with Crippen LogP contribution in [0.25, 0.3) is 10.9 Å². The minimum atomic E-state index is -0.500. The van der Waals surface area contributed by atoms with Crippen LogP contribution in [0.1, 0.15) is 18.4 Å². The summed E-state index contributed by atoms with van der Waals surface area (Å²) in [5.74, 6) is 0.290. The molecule has 0 radical (unpaired) electrons. The smallest absolute Gasteiger partial charge is 0.323 e. The van der Waals surface area contributed by atoms with Crippen LogP contribution in [-0.4, -0.2) is 35.6 Å². The van der Waals surface area contributed by atoms with Crippen molar-refractivity contribution in [2.45, 2.75) is 25.5 Å². The predicted molar refractivity (Wildman–Crippen MR) is 112 cm³/mol. The summed E-state index contributed by atoms with van der Waals surface area (Å²) in [7, 11) is 1.55. The maximum absolute atomic E-state index is 13.4. The highest BCUT2D eigenvalue weighted by atomic mass is 35.5. The van der Waals surface area contributed by atoms with Crippen molar-refractivity contribution in [3.8, 4) is 5.75 Å². The molecule has 9 heteroatoms. The first-order valence-electron chi connectivity index (χ1n) is 9.49. The van der Waals surface area contributed by atoms with E-state index in [-0.39, 0.29) is 23.6 Å². The lowest BCUT2D eigenvalue weighted by molar-refractivity contribution is -0.147. The summed E-state index contributed by atoms with van der Waals surface area (Å²) < 4.78 is 24.4. The third-order valence-corrected chi connectivity index (χ3v) is 5.22. The number of hydrogen-bond donors (Lipinski definition) is 2. The monoisotopic (exact) mass is 430 g/mol. The van der Waals surface area contributed by atoms with Gasteiger partial charge in [0.1, 0.15) is 36.4 Å². The maximum Gasteiger partial charge on any atom is 0.323 e. The fourth-order valence-corrected chi connectivity index (χ4v) is 3.56. The number of methoxy groups -OCH3 is 1. The fraction of sp³-hybridized carbons (Fsp3) is 0.286. The van der Waals surface area contributed by atoms with Crippen LogP contribution in [0.5, 0.6) is 5.75 Å².